The molecule has 1 atom stereocenters. The minimum atomic E-state index is 0.362. The Morgan fingerprint density at radius 1 is 1.38 bits per heavy atom. The van der Waals surface area contributed by atoms with E-state index in [0.717, 1.165) is 26.2 Å². The van der Waals surface area contributed by atoms with Crippen molar-refractivity contribution >= 4 is 0 Å². The molecule has 0 fully saturated rings. The van der Waals surface area contributed by atoms with Crippen LogP contribution in [0.1, 0.15) is 35.2 Å². The predicted molar refractivity (Wildman–Crippen MR) is 66.9 cm³/mol. The standard InChI is InChI=1S/C14H21NO/c1-4-15-14-9-16-6-5-12-11(3)7-10(2)8-13(12)14/h7-8,14-15H,4-6,9H2,1-3H3. The minimum Gasteiger partial charge on any atom is -0.379 e. The van der Waals surface area contributed by atoms with Crippen LogP contribution < -0.4 is 5.32 Å². The molecule has 0 spiro atoms. The van der Waals surface area contributed by atoms with Crippen LogP contribution in [0, 0.1) is 13.8 Å². The Labute approximate surface area is 98.0 Å². The second-order valence-electron chi connectivity index (χ2n) is 4.58. The average molecular weight is 219 g/mol. The summed E-state index contributed by atoms with van der Waals surface area (Å²) in [6, 6.07) is 4.94. The molecule has 2 nitrogen and oxygen atoms in total. The molecule has 1 N–H and O–H groups in total. The molecule has 0 saturated heterocycles. The lowest BCUT2D eigenvalue weighted by atomic mass is 9.93. The second-order valence-corrected chi connectivity index (χ2v) is 4.58. The zero-order valence-electron chi connectivity index (χ0n) is 10.5. The molecule has 0 saturated carbocycles. The normalized spacial score (nSPS) is 20.3. The number of fused-ring (bicyclic) bond motifs is 1. The predicted octanol–water partition coefficient (Wildman–Crippen LogP) is 2.53. The van der Waals surface area contributed by atoms with E-state index in [0.29, 0.717) is 6.04 Å². The first-order valence-electron chi connectivity index (χ1n) is 6.13. The van der Waals surface area contributed by atoms with Crippen molar-refractivity contribution in [2.24, 2.45) is 0 Å². The molecule has 1 aliphatic rings. The van der Waals surface area contributed by atoms with Crippen molar-refractivity contribution in [1.29, 1.82) is 0 Å². The largest absolute Gasteiger partial charge is 0.379 e. The molecule has 1 aromatic carbocycles. The van der Waals surface area contributed by atoms with Crippen molar-refractivity contribution in [2.45, 2.75) is 33.2 Å². The molecular weight excluding hydrogens is 198 g/mol. The number of nitrogens with one attached hydrogen (secondary N) is 1. The van der Waals surface area contributed by atoms with Gasteiger partial charge in [0.1, 0.15) is 0 Å². The van der Waals surface area contributed by atoms with Crippen molar-refractivity contribution in [2.75, 3.05) is 19.8 Å². The molecule has 2 rings (SSSR count). The van der Waals surface area contributed by atoms with Crippen LogP contribution in [-0.2, 0) is 11.2 Å². The highest BCUT2D eigenvalue weighted by atomic mass is 16.5. The summed E-state index contributed by atoms with van der Waals surface area (Å²) in [5, 5.41) is 3.51. The maximum atomic E-state index is 5.67. The lowest BCUT2D eigenvalue weighted by molar-refractivity contribution is 0.122. The van der Waals surface area contributed by atoms with E-state index in [9.17, 15) is 0 Å². The van der Waals surface area contributed by atoms with Gasteiger partial charge in [-0.1, -0.05) is 24.6 Å². The molecule has 0 aliphatic carbocycles. The number of aryl methyl sites for hydroxylation is 2. The van der Waals surface area contributed by atoms with Gasteiger partial charge in [0.05, 0.1) is 19.3 Å². The third kappa shape index (κ3) is 2.28. The Morgan fingerprint density at radius 3 is 2.94 bits per heavy atom. The minimum absolute atomic E-state index is 0.362. The Morgan fingerprint density at radius 2 is 2.19 bits per heavy atom. The lowest BCUT2D eigenvalue weighted by Gasteiger charge is -2.19. The molecule has 1 heterocycles. The van der Waals surface area contributed by atoms with Crippen molar-refractivity contribution in [3.8, 4) is 0 Å². The summed E-state index contributed by atoms with van der Waals surface area (Å²) in [5.41, 5.74) is 5.68. The van der Waals surface area contributed by atoms with Crippen molar-refractivity contribution in [3.63, 3.8) is 0 Å². The lowest BCUT2D eigenvalue weighted by Crippen LogP contribution is -2.25. The number of ether oxygens (including phenoxy) is 1. The van der Waals surface area contributed by atoms with Gasteiger partial charge >= 0.3 is 0 Å². The highest BCUT2D eigenvalue weighted by Crippen LogP contribution is 2.26. The Kier molecular flexibility index (Phi) is 3.62. The molecule has 0 bridgehead atoms. The summed E-state index contributed by atoms with van der Waals surface area (Å²) in [6.45, 7) is 9.15. The third-order valence-corrected chi connectivity index (χ3v) is 3.26. The molecule has 1 aliphatic heterocycles. The maximum absolute atomic E-state index is 5.67. The van der Waals surface area contributed by atoms with E-state index in [-0.39, 0.29) is 0 Å². The summed E-state index contributed by atoms with van der Waals surface area (Å²) >= 11 is 0. The van der Waals surface area contributed by atoms with Gasteiger partial charge in [0.25, 0.3) is 0 Å². The molecule has 1 unspecified atom stereocenters. The molecule has 0 amide bonds. The summed E-state index contributed by atoms with van der Waals surface area (Å²) in [4.78, 5) is 0. The molecule has 2 heteroatoms. The number of hydrogen-bond acceptors (Lipinski definition) is 2. The highest BCUT2D eigenvalue weighted by Gasteiger charge is 2.19. The number of benzene rings is 1. The van der Waals surface area contributed by atoms with Crippen LogP contribution in [0.25, 0.3) is 0 Å². The topological polar surface area (TPSA) is 21.3 Å². The maximum Gasteiger partial charge on any atom is 0.0661 e. The highest BCUT2D eigenvalue weighted by molar-refractivity contribution is 5.40. The first-order valence-corrected chi connectivity index (χ1v) is 6.13. The number of hydrogen-bond donors (Lipinski definition) is 1. The van der Waals surface area contributed by atoms with Crippen LogP contribution in [-0.4, -0.2) is 19.8 Å². The molecule has 1 aromatic rings. The molecule has 16 heavy (non-hydrogen) atoms. The monoisotopic (exact) mass is 219 g/mol. The van der Waals surface area contributed by atoms with Crippen LogP contribution in [0.4, 0.5) is 0 Å². The zero-order chi connectivity index (χ0) is 11.5. The summed E-state index contributed by atoms with van der Waals surface area (Å²) in [5.74, 6) is 0. The van der Waals surface area contributed by atoms with E-state index >= 15 is 0 Å². The third-order valence-electron chi connectivity index (χ3n) is 3.26. The van der Waals surface area contributed by atoms with Crippen molar-refractivity contribution in [1.82, 2.24) is 5.32 Å². The van der Waals surface area contributed by atoms with Gasteiger partial charge in [-0.3, -0.25) is 0 Å². The molecular formula is C14H21NO. The van der Waals surface area contributed by atoms with Gasteiger partial charge in [0, 0.05) is 0 Å². The number of likely N-dealkylation sites (N-methyl/N-ethyl adjacent to an activating group) is 1. The first kappa shape index (κ1) is 11.6. The van der Waals surface area contributed by atoms with Gasteiger partial charge in [0.2, 0.25) is 0 Å². The van der Waals surface area contributed by atoms with Crippen LogP contribution in [0.3, 0.4) is 0 Å². The smallest absolute Gasteiger partial charge is 0.0661 e. The van der Waals surface area contributed by atoms with E-state index < -0.39 is 0 Å². The van der Waals surface area contributed by atoms with E-state index in [4.69, 9.17) is 4.74 Å². The Hall–Kier alpha value is -0.860. The fourth-order valence-electron chi connectivity index (χ4n) is 2.56. The van der Waals surface area contributed by atoms with Crippen molar-refractivity contribution < 1.29 is 4.74 Å². The first-order chi connectivity index (χ1) is 7.72. The molecule has 0 radical (unpaired) electrons. The van der Waals surface area contributed by atoms with Gasteiger partial charge in [-0.25, -0.2) is 0 Å². The van der Waals surface area contributed by atoms with E-state index in [2.05, 4.69) is 38.2 Å². The molecule has 0 aromatic heterocycles. The van der Waals surface area contributed by atoms with Gasteiger partial charge in [-0.15, -0.1) is 0 Å². The summed E-state index contributed by atoms with van der Waals surface area (Å²) in [7, 11) is 0. The van der Waals surface area contributed by atoms with Gasteiger partial charge < -0.3 is 10.1 Å². The van der Waals surface area contributed by atoms with Gasteiger partial charge in [-0.2, -0.15) is 0 Å². The fourth-order valence-corrected chi connectivity index (χ4v) is 2.56. The zero-order valence-corrected chi connectivity index (χ0v) is 10.5. The van der Waals surface area contributed by atoms with Crippen LogP contribution in [0.5, 0.6) is 0 Å². The Bertz CT molecular complexity index is 373. The van der Waals surface area contributed by atoms with Gasteiger partial charge in [0.15, 0.2) is 0 Å². The van der Waals surface area contributed by atoms with Crippen LogP contribution >= 0.6 is 0 Å². The van der Waals surface area contributed by atoms with E-state index in [1.165, 1.54) is 22.3 Å². The quantitative estimate of drug-likeness (QED) is 0.825. The second kappa shape index (κ2) is 4.98. The number of rotatable bonds is 2. The van der Waals surface area contributed by atoms with E-state index in [1.54, 1.807) is 0 Å². The summed E-state index contributed by atoms with van der Waals surface area (Å²) in [6.07, 6.45) is 1.04. The van der Waals surface area contributed by atoms with Crippen LogP contribution in [0.2, 0.25) is 0 Å². The fraction of sp³-hybridized carbons (Fsp3) is 0.571. The Balaban J connectivity index is 2.43. The van der Waals surface area contributed by atoms with E-state index in [1.807, 2.05) is 0 Å². The van der Waals surface area contributed by atoms with Gasteiger partial charge in [-0.05, 0) is 43.5 Å². The summed E-state index contributed by atoms with van der Waals surface area (Å²) < 4.78 is 5.67. The average Bonchev–Trinajstić information content (AvgIpc) is 2.42. The van der Waals surface area contributed by atoms with Crippen molar-refractivity contribution in [3.05, 3.63) is 34.4 Å². The molecule has 88 valence electrons. The SMILES string of the molecule is CCNC1COCCc2c(C)cc(C)cc21. The van der Waals surface area contributed by atoms with Crippen LogP contribution in [0.15, 0.2) is 12.1 Å².